The highest BCUT2D eigenvalue weighted by Crippen LogP contribution is 2.26. The Kier molecular flexibility index (Phi) is 5.42. The van der Waals surface area contributed by atoms with E-state index in [-0.39, 0.29) is 28.5 Å². The van der Waals surface area contributed by atoms with Gasteiger partial charge in [0.05, 0.1) is 5.75 Å². The van der Waals surface area contributed by atoms with Gasteiger partial charge in [-0.05, 0) is 37.1 Å². The van der Waals surface area contributed by atoms with Crippen molar-refractivity contribution in [1.82, 2.24) is 24.0 Å². The highest BCUT2D eigenvalue weighted by atomic mass is 32.2. The van der Waals surface area contributed by atoms with Crippen LogP contribution in [-0.4, -0.2) is 48.8 Å². The number of hydrogen-bond donors (Lipinski definition) is 0. The zero-order chi connectivity index (χ0) is 21.4. The number of rotatable bonds is 4. The van der Waals surface area contributed by atoms with Crippen molar-refractivity contribution in [2.24, 2.45) is 14.1 Å². The van der Waals surface area contributed by atoms with Crippen LogP contribution >= 0.6 is 11.8 Å². The molecule has 156 valence electrons. The van der Waals surface area contributed by atoms with Gasteiger partial charge in [0.2, 0.25) is 5.91 Å². The summed E-state index contributed by atoms with van der Waals surface area (Å²) in [5.41, 5.74) is -0.317. The van der Waals surface area contributed by atoms with Crippen molar-refractivity contribution in [3.63, 3.8) is 0 Å². The average molecular weight is 429 g/mol. The Bertz CT molecular complexity index is 1250. The first-order chi connectivity index (χ1) is 14.4. The lowest BCUT2D eigenvalue weighted by Gasteiger charge is -2.15. The second-order valence-electron chi connectivity index (χ2n) is 7.14. The molecule has 1 aliphatic heterocycles. The third-order valence-corrected chi connectivity index (χ3v) is 6.12. The van der Waals surface area contributed by atoms with Gasteiger partial charge < -0.3 is 4.90 Å². The van der Waals surface area contributed by atoms with E-state index in [1.54, 1.807) is 4.90 Å². The summed E-state index contributed by atoms with van der Waals surface area (Å²) >= 11 is 1.15. The standard InChI is InChI=1S/C20H20FN5O3S/c1-24-17-15(19(28)25(2)20(24)29)18(30-11-14(27)26-9-3-4-10-26)23-16(22-17)12-5-7-13(21)8-6-12/h5-8H,3-4,9-11H2,1-2H3. The number of hydrogen-bond acceptors (Lipinski definition) is 6. The number of likely N-dealkylation sites (tertiary alicyclic amines) is 1. The second kappa shape index (κ2) is 8.02. The summed E-state index contributed by atoms with van der Waals surface area (Å²) in [6.07, 6.45) is 1.98. The van der Waals surface area contributed by atoms with E-state index in [1.807, 2.05) is 0 Å². The Morgan fingerprint density at radius 2 is 1.73 bits per heavy atom. The van der Waals surface area contributed by atoms with Crippen molar-refractivity contribution in [3.8, 4) is 11.4 Å². The van der Waals surface area contributed by atoms with E-state index in [0.29, 0.717) is 10.6 Å². The predicted molar refractivity (Wildman–Crippen MR) is 112 cm³/mol. The van der Waals surface area contributed by atoms with Crippen LogP contribution < -0.4 is 11.2 Å². The number of fused-ring (bicyclic) bond motifs is 1. The van der Waals surface area contributed by atoms with Gasteiger partial charge in [-0.15, -0.1) is 0 Å². The predicted octanol–water partition coefficient (Wildman–Crippen LogP) is 1.55. The molecular weight excluding hydrogens is 409 g/mol. The minimum Gasteiger partial charge on any atom is -0.342 e. The SMILES string of the molecule is Cn1c(=O)c2c(SCC(=O)N3CCCC3)nc(-c3ccc(F)cc3)nc2n(C)c1=O. The van der Waals surface area contributed by atoms with Crippen molar-refractivity contribution < 1.29 is 9.18 Å². The summed E-state index contributed by atoms with van der Waals surface area (Å²) in [6.45, 7) is 1.47. The fourth-order valence-corrected chi connectivity index (χ4v) is 4.37. The molecule has 1 aromatic carbocycles. The maximum absolute atomic E-state index is 13.3. The van der Waals surface area contributed by atoms with Gasteiger partial charge in [-0.3, -0.25) is 18.7 Å². The van der Waals surface area contributed by atoms with Gasteiger partial charge in [0.1, 0.15) is 16.2 Å². The molecule has 0 spiro atoms. The number of aryl methyl sites for hydroxylation is 1. The first-order valence-electron chi connectivity index (χ1n) is 9.51. The Hall–Kier alpha value is -3.01. The number of benzene rings is 1. The van der Waals surface area contributed by atoms with Gasteiger partial charge in [-0.1, -0.05) is 11.8 Å². The van der Waals surface area contributed by atoms with Crippen molar-refractivity contribution in [2.45, 2.75) is 17.9 Å². The van der Waals surface area contributed by atoms with Crippen LogP contribution in [0.5, 0.6) is 0 Å². The van der Waals surface area contributed by atoms with Crippen LogP contribution in [0, 0.1) is 5.82 Å². The molecule has 0 radical (unpaired) electrons. The molecule has 10 heteroatoms. The van der Waals surface area contributed by atoms with E-state index in [0.717, 1.165) is 42.3 Å². The molecule has 1 amide bonds. The van der Waals surface area contributed by atoms with Gasteiger partial charge in [0.25, 0.3) is 5.56 Å². The van der Waals surface area contributed by atoms with E-state index in [2.05, 4.69) is 9.97 Å². The molecule has 0 unspecified atom stereocenters. The zero-order valence-corrected chi connectivity index (χ0v) is 17.4. The maximum Gasteiger partial charge on any atom is 0.332 e. The topological polar surface area (TPSA) is 90.1 Å². The van der Waals surface area contributed by atoms with Gasteiger partial charge >= 0.3 is 5.69 Å². The molecule has 8 nitrogen and oxygen atoms in total. The first kappa shape index (κ1) is 20.3. The van der Waals surface area contributed by atoms with Gasteiger partial charge in [-0.2, -0.15) is 0 Å². The molecule has 1 fully saturated rings. The Labute approximate surface area is 175 Å². The Morgan fingerprint density at radius 3 is 2.40 bits per heavy atom. The molecule has 2 aromatic heterocycles. The third kappa shape index (κ3) is 3.62. The van der Waals surface area contributed by atoms with Crippen molar-refractivity contribution in [2.75, 3.05) is 18.8 Å². The largest absolute Gasteiger partial charge is 0.342 e. The smallest absolute Gasteiger partial charge is 0.332 e. The van der Waals surface area contributed by atoms with Crippen LogP contribution in [0.25, 0.3) is 22.4 Å². The number of carbonyl (C=O) groups is 1. The molecular formula is C20H20FN5O3S. The maximum atomic E-state index is 13.3. The van der Waals surface area contributed by atoms with E-state index in [1.165, 1.54) is 42.9 Å². The van der Waals surface area contributed by atoms with Crippen LogP contribution in [0.1, 0.15) is 12.8 Å². The molecule has 0 bridgehead atoms. The van der Waals surface area contributed by atoms with Crippen LogP contribution in [0.2, 0.25) is 0 Å². The first-order valence-corrected chi connectivity index (χ1v) is 10.5. The summed E-state index contributed by atoms with van der Waals surface area (Å²) in [6, 6.07) is 5.63. The zero-order valence-electron chi connectivity index (χ0n) is 16.6. The lowest BCUT2D eigenvalue weighted by Crippen LogP contribution is -2.37. The number of amides is 1. The van der Waals surface area contributed by atoms with Crippen LogP contribution in [0.4, 0.5) is 4.39 Å². The lowest BCUT2D eigenvalue weighted by molar-refractivity contribution is -0.127. The minimum absolute atomic E-state index is 0.0192. The van der Waals surface area contributed by atoms with E-state index >= 15 is 0 Å². The summed E-state index contributed by atoms with van der Waals surface area (Å²) < 4.78 is 15.6. The van der Waals surface area contributed by atoms with Crippen LogP contribution in [0.3, 0.4) is 0 Å². The number of thioether (sulfide) groups is 1. The number of halogens is 1. The highest BCUT2D eigenvalue weighted by molar-refractivity contribution is 8.00. The summed E-state index contributed by atoms with van der Waals surface area (Å²) in [5.74, 6) is -0.0382. The van der Waals surface area contributed by atoms with E-state index < -0.39 is 17.1 Å². The second-order valence-corrected chi connectivity index (χ2v) is 8.10. The molecule has 0 saturated carbocycles. The molecule has 1 saturated heterocycles. The highest BCUT2D eigenvalue weighted by Gasteiger charge is 2.22. The molecule has 1 aliphatic rings. The molecule has 3 heterocycles. The fourth-order valence-electron chi connectivity index (χ4n) is 3.45. The average Bonchev–Trinajstić information content (AvgIpc) is 3.29. The van der Waals surface area contributed by atoms with E-state index in [9.17, 15) is 18.8 Å². The van der Waals surface area contributed by atoms with Crippen molar-refractivity contribution in [1.29, 1.82) is 0 Å². The van der Waals surface area contributed by atoms with Crippen LogP contribution in [-0.2, 0) is 18.9 Å². The normalized spacial score (nSPS) is 13.9. The fraction of sp³-hybridized carbons (Fsp3) is 0.350. The number of carbonyl (C=O) groups excluding carboxylic acids is 1. The summed E-state index contributed by atoms with van der Waals surface area (Å²) in [7, 11) is 2.91. The molecule has 0 aliphatic carbocycles. The van der Waals surface area contributed by atoms with Gasteiger partial charge in [-0.25, -0.2) is 19.2 Å². The van der Waals surface area contributed by atoms with Crippen molar-refractivity contribution >= 4 is 28.7 Å². The molecule has 3 aromatic rings. The third-order valence-electron chi connectivity index (χ3n) is 5.16. The number of aromatic nitrogens is 4. The van der Waals surface area contributed by atoms with E-state index in [4.69, 9.17) is 0 Å². The van der Waals surface area contributed by atoms with Gasteiger partial charge in [0.15, 0.2) is 11.5 Å². The minimum atomic E-state index is -0.519. The number of nitrogens with zero attached hydrogens (tertiary/aromatic N) is 5. The Balaban J connectivity index is 1.84. The lowest BCUT2D eigenvalue weighted by atomic mass is 10.2. The molecule has 4 rings (SSSR count). The molecule has 0 N–H and O–H groups in total. The summed E-state index contributed by atoms with van der Waals surface area (Å²) in [4.78, 5) is 48.4. The quantitative estimate of drug-likeness (QED) is 0.462. The molecule has 30 heavy (non-hydrogen) atoms. The van der Waals surface area contributed by atoms with Crippen molar-refractivity contribution in [3.05, 3.63) is 50.9 Å². The Morgan fingerprint density at radius 1 is 1.07 bits per heavy atom. The van der Waals surface area contributed by atoms with Crippen LogP contribution in [0.15, 0.2) is 38.9 Å². The monoisotopic (exact) mass is 429 g/mol. The summed E-state index contributed by atoms with van der Waals surface area (Å²) in [5, 5.41) is 0.507. The molecule has 0 atom stereocenters. The van der Waals surface area contributed by atoms with Gasteiger partial charge in [0, 0.05) is 32.7 Å².